The predicted octanol–water partition coefficient (Wildman–Crippen LogP) is 2.29. The first-order valence-corrected chi connectivity index (χ1v) is 6.08. The van der Waals surface area contributed by atoms with Gasteiger partial charge in [-0.1, -0.05) is 12.7 Å². The molecule has 1 aromatic heterocycles. The minimum atomic E-state index is 0.0220. The fourth-order valence-corrected chi connectivity index (χ4v) is 2.55. The zero-order valence-electron chi connectivity index (χ0n) is 9.05. The Bertz CT molecular complexity index is 568. The van der Waals surface area contributed by atoms with Gasteiger partial charge in [0.2, 0.25) is 0 Å². The average Bonchev–Trinajstić information content (AvgIpc) is 2.95. The maximum atomic E-state index is 9.30. The molecular formula is C12H11N3OS. The summed E-state index contributed by atoms with van der Waals surface area (Å²) in [4.78, 5) is 4.37. The molecule has 0 saturated heterocycles. The van der Waals surface area contributed by atoms with Gasteiger partial charge in [-0.05, 0) is 12.2 Å². The highest BCUT2D eigenvalue weighted by atomic mass is 32.1. The van der Waals surface area contributed by atoms with Crippen LogP contribution in [-0.2, 0) is 0 Å². The van der Waals surface area contributed by atoms with Crippen LogP contribution in [0.1, 0.15) is 10.7 Å². The van der Waals surface area contributed by atoms with Gasteiger partial charge >= 0.3 is 0 Å². The summed E-state index contributed by atoms with van der Waals surface area (Å²) in [5.74, 6) is 0.0220. The smallest absolute Gasteiger partial charge is 0.158 e. The molecule has 3 rings (SSSR count). The number of hydrazine groups is 1. The molecule has 5 heteroatoms. The van der Waals surface area contributed by atoms with Crippen LogP contribution in [0.5, 0.6) is 0 Å². The molecule has 3 heterocycles. The van der Waals surface area contributed by atoms with Crippen LogP contribution in [0.25, 0.3) is 11.3 Å². The highest BCUT2D eigenvalue weighted by molar-refractivity contribution is 7.10. The Morgan fingerprint density at radius 1 is 1.53 bits per heavy atom. The summed E-state index contributed by atoms with van der Waals surface area (Å²) >= 11 is 1.40. The van der Waals surface area contributed by atoms with Gasteiger partial charge in [0.05, 0.1) is 11.4 Å². The molecule has 0 amide bonds. The molecular weight excluding hydrogens is 234 g/mol. The second-order valence-electron chi connectivity index (χ2n) is 3.75. The Labute approximate surface area is 103 Å². The van der Waals surface area contributed by atoms with Gasteiger partial charge in [-0.2, -0.15) is 0 Å². The van der Waals surface area contributed by atoms with Gasteiger partial charge in [0, 0.05) is 23.7 Å². The van der Waals surface area contributed by atoms with Crippen LogP contribution < -0.4 is 5.43 Å². The molecule has 0 bridgehead atoms. The van der Waals surface area contributed by atoms with E-state index in [1.807, 2.05) is 34.8 Å². The molecule has 0 radical (unpaired) electrons. The van der Waals surface area contributed by atoms with E-state index in [1.54, 1.807) is 0 Å². The van der Waals surface area contributed by atoms with Gasteiger partial charge in [0.25, 0.3) is 0 Å². The monoisotopic (exact) mass is 245 g/mol. The van der Waals surface area contributed by atoms with E-state index in [2.05, 4.69) is 17.0 Å². The first-order valence-electron chi connectivity index (χ1n) is 5.20. The summed E-state index contributed by atoms with van der Waals surface area (Å²) in [5, 5.41) is 13.8. The molecule has 1 aromatic rings. The van der Waals surface area contributed by atoms with Crippen molar-refractivity contribution in [3.8, 4) is 0 Å². The summed E-state index contributed by atoms with van der Waals surface area (Å²) in [6, 6.07) is 0. The minimum absolute atomic E-state index is 0.0220. The third kappa shape index (κ3) is 1.69. The van der Waals surface area contributed by atoms with Gasteiger partial charge in [0.1, 0.15) is 5.76 Å². The number of aromatic nitrogens is 1. The molecule has 2 aliphatic rings. The summed E-state index contributed by atoms with van der Waals surface area (Å²) in [5.41, 5.74) is 6.38. The molecule has 0 aliphatic carbocycles. The average molecular weight is 245 g/mol. The second-order valence-corrected chi connectivity index (χ2v) is 4.61. The predicted molar refractivity (Wildman–Crippen MR) is 68.8 cm³/mol. The number of fused-ring (bicyclic) bond motifs is 1. The molecule has 0 saturated carbocycles. The van der Waals surface area contributed by atoms with Crippen molar-refractivity contribution in [1.82, 2.24) is 15.4 Å². The van der Waals surface area contributed by atoms with E-state index < -0.39 is 0 Å². The first kappa shape index (κ1) is 10.3. The number of thiazole rings is 1. The molecule has 17 heavy (non-hydrogen) atoms. The Morgan fingerprint density at radius 3 is 3.18 bits per heavy atom. The summed E-state index contributed by atoms with van der Waals surface area (Å²) in [7, 11) is 0. The van der Waals surface area contributed by atoms with Crippen molar-refractivity contribution in [1.29, 1.82) is 0 Å². The van der Waals surface area contributed by atoms with Crippen molar-refractivity contribution in [2.75, 3.05) is 6.54 Å². The number of hydrogen-bond acceptors (Lipinski definition) is 5. The normalized spacial score (nSPS) is 17.8. The maximum Gasteiger partial charge on any atom is 0.158 e. The van der Waals surface area contributed by atoms with E-state index in [1.165, 1.54) is 11.3 Å². The maximum absolute atomic E-state index is 9.30. The lowest BCUT2D eigenvalue weighted by Crippen LogP contribution is -2.26. The SMILES string of the molecule is C=C(O)c1nc(C2=C3C=CC=CN3NC2)cs1. The fraction of sp³-hybridized carbons (Fsp3) is 0.0833. The Balaban J connectivity index is 2.01. The molecule has 4 nitrogen and oxygen atoms in total. The van der Waals surface area contributed by atoms with E-state index in [9.17, 15) is 5.11 Å². The van der Waals surface area contributed by atoms with Crippen LogP contribution in [0, 0.1) is 0 Å². The summed E-state index contributed by atoms with van der Waals surface area (Å²) < 4.78 is 0. The van der Waals surface area contributed by atoms with E-state index in [4.69, 9.17) is 0 Å². The zero-order chi connectivity index (χ0) is 11.8. The minimum Gasteiger partial charge on any atom is -0.505 e. The third-order valence-electron chi connectivity index (χ3n) is 2.66. The number of hydrogen-bond donors (Lipinski definition) is 2. The van der Waals surface area contributed by atoms with E-state index in [0.29, 0.717) is 5.01 Å². The highest BCUT2D eigenvalue weighted by Gasteiger charge is 2.22. The number of allylic oxidation sites excluding steroid dienone is 3. The molecule has 0 unspecified atom stereocenters. The van der Waals surface area contributed by atoms with E-state index >= 15 is 0 Å². The lowest BCUT2D eigenvalue weighted by atomic mass is 10.1. The number of aliphatic hydroxyl groups excluding tert-OH is 1. The molecule has 0 fully saturated rings. The molecule has 0 spiro atoms. The number of nitrogens with zero attached hydrogens (tertiary/aromatic N) is 2. The molecule has 0 aromatic carbocycles. The Kier molecular flexibility index (Phi) is 2.35. The van der Waals surface area contributed by atoms with Gasteiger partial charge in [-0.25, -0.2) is 10.4 Å². The lowest BCUT2D eigenvalue weighted by Gasteiger charge is -2.16. The van der Waals surface area contributed by atoms with Gasteiger partial charge in [0.15, 0.2) is 5.01 Å². The van der Waals surface area contributed by atoms with Gasteiger partial charge in [-0.15, -0.1) is 11.3 Å². The molecule has 0 atom stereocenters. The highest BCUT2D eigenvalue weighted by Crippen LogP contribution is 2.29. The summed E-state index contributed by atoms with van der Waals surface area (Å²) in [6.45, 7) is 4.22. The summed E-state index contributed by atoms with van der Waals surface area (Å²) in [6.07, 6.45) is 7.99. The van der Waals surface area contributed by atoms with Gasteiger partial charge < -0.3 is 5.11 Å². The van der Waals surface area contributed by atoms with Crippen molar-refractivity contribution in [2.45, 2.75) is 0 Å². The van der Waals surface area contributed by atoms with E-state index in [-0.39, 0.29) is 5.76 Å². The van der Waals surface area contributed by atoms with Gasteiger partial charge in [-0.3, -0.25) is 5.01 Å². The van der Waals surface area contributed by atoms with Crippen molar-refractivity contribution in [3.05, 3.63) is 52.8 Å². The van der Waals surface area contributed by atoms with Crippen LogP contribution in [0.3, 0.4) is 0 Å². The Hall–Kier alpha value is -1.85. The number of rotatable bonds is 2. The second kappa shape index (κ2) is 3.87. The van der Waals surface area contributed by atoms with Crippen molar-refractivity contribution in [2.24, 2.45) is 0 Å². The molecule has 86 valence electrons. The van der Waals surface area contributed by atoms with Crippen molar-refractivity contribution < 1.29 is 5.11 Å². The lowest BCUT2D eigenvalue weighted by molar-refractivity contribution is 0.395. The standard InChI is InChI=1S/C12H11N3OS/c1-8(16)12-14-10(7-17-12)9-6-13-15-5-3-2-4-11(9)15/h2-5,7,13,16H,1,6H2. The van der Waals surface area contributed by atoms with Crippen LogP contribution in [0.2, 0.25) is 0 Å². The van der Waals surface area contributed by atoms with Crippen LogP contribution >= 0.6 is 11.3 Å². The van der Waals surface area contributed by atoms with Crippen molar-refractivity contribution >= 4 is 22.7 Å². The number of aliphatic hydroxyl groups is 1. The van der Waals surface area contributed by atoms with E-state index in [0.717, 1.165) is 23.5 Å². The van der Waals surface area contributed by atoms with Crippen LogP contribution in [-0.4, -0.2) is 21.6 Å². The van der Waals surface area contributed by atoms with Crippen LogP contribution in [0.15, 0.2) is 42.1 Å². The zero-order valence-corrected chi connectivity index (χ0v) is 9.87. The molecule has 2 aliphatic heterocycles. The molecule has 2 N–H and O–H groups in total. The fourth-order valence-electron chi connectivity index (χ4n) is 1.85. The quantitative estimate of drug-likeness (QED) is 0.785. The Morgan fingerprint density at radius 2 is 2.41 bits per heavy atom. The third-order valence-corrected chi connectivity index (χ3v) is 3.55. The topological polar surface area (TPSA) is 48.4 Å². The van der Waals surface area contributed by atoms with Crippen molar-refractivity contribution in [3.63, 3.8) is 0 Å². The number of nitrogens with one attached hydrogen (secondary N) is 1. The largest absolute Gasteiger partial charge is 0.505 e. The first-order chi connectivity index (χ1) is 8.25. The van der Waals surface area contributed by atoms with Crippen LogP contribution in [0.4, 0.5) is 0 Å².